The molecule has 9 nitrogen and oxygen atoms in total. The Kier molecular flexibility index (Phi) is 5.34. The quantitative estimate of drug-likeness (QED) is 0.519. The van der Waals surface area contributed by atoms with Crippen molar-refractivity contribution >= 4 is 22.4 Å². The second-order valence-corrected chi connectivity index (χ2v) is 9.27. The van der Waals surface area contributed by atoms with Crippen molar-refractivity contribution in [3.05, 3.63) is 0 Å². The molecule has 0 bridgehead atoms. The summed E-state index contributed by atoms with van der Waals surface area (Å²) < 4.78 is 39.6. The number of hydrogen-bond acceptors (Lipinski definition) is 5. The summed E-state index contributed by atoms with van der Waals surface area (Å²) in [7, 11) is -15.9. The Morgan fingerprint density at radius 1 is 1.00 bits per heavy atom. The first-order chi connectivity index (χ1) is 6.52. The van der Waals surface area contributed by atoms with Gasteiger partial charge >= 0.3 is 22.4 Å². The Balaban J connectivity index is 4.79. The van der Waals surface area contributed by atoms with E-state index in [4.69, 9.17) is 19.6 Å². The zero-order valence-electron chi connectivity index (χ0n) is 7.59. The van der Waals surface area contributed by atoms with E-state index < -0.39 is 22.4 Å². The van der Waals surface area contributed by atoms with E-state index in [-0.39, 0.29) is 13.0 Å². The lowest BCUT2D eigenvalue weighted by molar-refractivity contribution is 0.242. The van der Waals surface area contributed by atoms with Gasteiger partial charge in [0.25, 0.3) is 0 Å². The van der Waals surface area contributed by atoms with Crippen LogP contribution < -0.4 is 0 Å². The molecule has 15 heavy (non-hydrogen) atoms. The lowest BCUT2D eigenvalue weighted by Crippen LogP contribution is -1.95. The predicted molar refractivity (Wildman–Crippen MR) is 49.0 cm³/mol. The summed E-state index contributed by atoms with van der Waals surface area (Å²) in [5.41, 5.74) is 0. The molecule has 0 radical (unpaired) electrons. The normalized spacial score (nSPS) is 20.6. The molecule has 0 saturated carbocycles. The molecule has 0 aliphatic carbocycles. The first-order valence-electron chi connectivity index (χ1n) is 3.59. The highest BCUT2D eigenvalue weighted by Gasteiger charge is 2.49. The van der Waals surface area contributed by atoms with Crippen LogP contribution in [0, 0.1) is 0 Å². The van der Waals surface area contributed by atoms with Crippen molar-refractivity contribution in [2.75, 3.05) is 6.61 Å². The van der Waals surface area contributed by atoms with E-state index in [0.717, 1.165) is 0 Å². The molecule has 2 atom stereocenters. The van der Waals surface area contributed by atoms with Crippen LogP contribution in [0.15, 0.2) is 0 Å². The second kappa shape index (κ2) is 5.19. The van der Waals surface area contributed by atoms with Gasteiger partial charge in [0.2, 0.25) is 0 Å². The SMILES string of the molecule is CCCOP(=O)(O)P(=O)(O)OP(=O)(O)O. The summed E-state index contributed by atoms with van der Waals surface area (Å²) in [4.78, 5) is 34.1. The van der Waals surface area contributed by atoms with E-state index in [1.807, 2.05) is 0 Å². The lowest BCUT2D eigenvalue weighted by atomic mass is 10.5. The Morgan fingerprint density at radius 3 is 1.80 bits per heavy atom. The summed E-state index contributed by atoms with van der Waals surface area (Å²) in [6.45, 7) is 1.25. The molecular weight excluding hydrogens is 273 g/mol. The molecule has 0 aromatic carbocycles. The van der Waals surface area contributed by atoms with Gasteiger partial charge in [-0.15, -0.1) is 0 Å². The maximum atomic E-state index is 11.0. The largest absolute Gasteiger partial charge is 0.477 e. The van der Waals surface area contributed by atoms with Gasteiger partial charge in [-0.2, -0.15) is 4.31 Å². The van der Waals surface area contributed by atoms with E-state index in [9.17, 15) is 13.7 Å². The summed E-state index contributed by atoms with van der Waals surface area (Å²) in [5, 5.41) is 0. The minimum atomic E-state index is -5.42. The van der Waals surface area contributed by atoms with Crippen LogP contribution in [0.25, 0.3) is 0 Å². The first-order valence-corrected chi connectivity index (χ1v) is 8.98. The van der Waals surface area contributed by atoms with Crippen LogP contribution in [0.1, 0.15) is 13.3 Å². The molecular formula is C3H11O9P3. The van der Waals surface area contributed by atoms with Crippen molar-refractivity contribution in [1.82, 2.24) is 0 Å². The number of phosphoric acid groups is 1. The van der Waals surface area contributed by atoms with Gasteiger partial charge in [-0.3, -0.25) is 0 Å². The van der Waals surface area contributed by atoms with Gasteiger partial charge in [0.15, 0.2) is 0 Å². The minimum absolute atomic E-state index is 0.278. The minimum Gasteiger partial charge on any atom is -0.316 e. The molecule has 0 rings (SSSR count). The fourth-order valence-electron chi connectivity index (χ4n) is 0.468. The molecule has 0 aromatic rings. The van der Waals surface area contributed by atoms with Crippen molar-refractivity contribution in [2.24, 2.45) is 0 Å². The highest BCUT2D eigenvalue weighted by molar-refractivity contribution is 8.27. The van der Waals surface area contributed by atoms with Crippen molar-refractivity contribution in [2.45, 2.75) is 13.3 Å². The van der Waals surface area contributed by atoms with E-state index in [2.05, 4.69) is 8.83 Å². The molecule has 92 valence electrons. The van der Waals surface area contributed by atoms with Gasteiger partial charge in [-0.05, 0) is 6.42 Å². The molecule has 0 saturated heterocycles. The van der Waals surface area contributed by atoms with Crippen LogP contribution in [0.3, 0.4) is 0 Å². The van der Waals surface area contributed by atoms with Gasteiger partial charge in [-0.25, -0.2) is 13.7 Å². The van der Waals surface area contributed by atoms with Gasteiger partial charge in [0, 0.05) is 0 Å². The van der Waals surface area contributed by atoms with Crippen molar-refractivity contribution in [3.63, 3.8) is 0 Å². The van der Waals surface area contributed by atoms with Gasteiger partial charge in [0.1, 0.15) is 0 Å². The van der Waals surface area contributed by atoms with Crippen LogP contribution in [0.2, 0.25) is 0 Å². The van der Waals surface area contributed by atoms with Crippen molar-refractivity contribution in [1.29, 1.82) is 0 Å². The fourth-order valence-corrected chi connectivity index (χ4v) is 4.88. The average Bonchev–Trinajstić information content (AvgIpc) is 1.96. The van der Waals surface area contributed by atoms with E-state index in [1.165, 1.54) is 0 Å². The highest BCUT2D eigenvalue weighted by atomic mass is 32.1. The smallest absolute Gasteiger partial charge is 0.316 e. The maximum absolute atomic E-state index is 11.0. The van der Waals surface area contributed by atoms with Crippen molar-refractivity contribution in [3.8, 4) is 0 Å². The summed E-state index contributed by atoms with van der Waals surface area (Å²) in [6, 6.07) is 0. The predicted octanol–water partition coefficient (Wildman–Crippen LogP) is 0.808. The van der Waals surface area contributed by atoms with Crippen molar-refractivity contribution < 1.29 is 42.1 Å². The number of hydrogen-bond donors (Lipinski definition) is 4. The molecule has 0 aromatic heterocycles. The first kappa shape index (κ1) is 15.4. The number of rotatable bonds is 6. The molecule has 0 fully saturated rings. The average molecular weight is 284 g/mol. The van der Waals surface area contributed by atoms with Crippen LogP contribution >= 0.6 is 22.4 Å². The molecule has 0 aliphatic rings. The van der Waals surface area contributed by atoms with Crippen LogP contribution in [0.4, 0.5) is 0 Å². The van der Waals surface area contributed by atoms with Gasteiger partial charge < -0.3 is 24.1 Å². The zero-order chi connectivity index (χ0) is 12.3. The van der Waals surface area contributed by atoms with Gasteiger partial charge in [-0.1, -0.05) is 6.92 Å². The molecule has 0 spiro atoms. The van der Waals surface area contributed by atoms with Crippen LogP contribution in [-0.4, -0.2) is 26.2 Å². The summed E-state index contributed by atoms with van der Waals surface area (Å²) in [5.74, 6) is 0. The molecule has 12 heteroatoms. The lowest BCUT2D eigenvalue weighted by Gasteiger charge is -2.17. The molecule has 0 amide bonds. The maximum Gasteiger partial charge on any atom is 0.477 e. The molecule has 2 unspecified atom stereocenters. The fraction of sp³-hybridized carbons (Fsp3) is 1.00. The third-order valence-electron chi connectivity index (χ3n) is 0.996. The Morgan fingerprint density at radius 2 is 1.47 bits per heavy atom. The van der Waals surface area contributed by atoms with E-state index in [0.29, 0.717) is 0 Å². The van der Waals surface area contributed by atoms with E-state index >= 15 is 0 Å². The highest BCUT2D eigenvalue weighted by Crippen LogP contribution is 2.81. The van der Waals surface area contributed by atoms with Crippen LogP contribution in [-0.2, 0) is 22.5 Å². The summed E-state index contributed by atoms with van der Waals surface area (Å²) >= 11 is 0. The summed E-state index contributed by atoms with van der Waals surface area (Å²) in [6.07, 6.45) is 0.278. The Hall–Kier alpha value is 0.450. The second-order valence-electron chi connectivity index (χ2n) is 2.39. The monoisotopic (exact) mass is 284 g/mol. The molecule has 0 aliphatic heterocycles. The zero-order valence-corrected chi connectivity index (χ0v) is 10.3. The molecule has 0 heterocycles. The Labute approximate surface area is 85.2 Å². The van der Waals surface area contributed by atoms with Crippen LogP contribution in [0.5, 0.6) is 0 Å². The third kappa shape index (κ3) is 5.36. The van der Waals surface area contributed by atoms with E-state index in [1.54, 1.807) is 6.92 Å². The third-order valence-corrected chi connectivity index (χ3v) is 6.78. The molecule has 4 N–H and O–H groups in total. The Bertz CT molecular complexity index is 343. The standard InChI is InChI=1S/C3H11O9P3/c1-2-3-11-14(7,8)15(9,10)12-13(4,5)6/h2-3H2,1H3,(H,7,8)(H,9,10)(H2,4,5,6). The topological polar surface area (TPSA) is 151 Å². The van der Waals surface area contributed by atoms with Gasteiger partial charge in [0.05, 0.1) is 6.61 Å².